The fourth-order valence-corrected chi connectivity index (χ4v) is 3.93. The number of anilines is 1. The van der Waals surface area contributed by atoms with E-state index in [9.17, 15) is 13.2 Å². The van der Waals surface area contributed by atoms with Crippen LogP contribution in [0.25, 0.3) is 11.4 Å². The van der Waals surface area contributed by atoms with Crippen molar-refractivity contribution in [1.82, 2.24) is 15.5 Å². The zero-order valence-electron chi connectivity index (χ0n) is 16.7. The Labute approximate surface area is 179 Å². The summed E-state index contributed by atoms with van der Waals surface area (Å²) in [7, 11) is -3.69. The van der Waals surface area contributed by atoms with Crippen molar-refractivity contribution in [2.24, 2.45) is 0 Å². The molecule has 0 spiro atoms. The molecule has 1 aromatic heterocycles. The monoisotopic (exact) mass is 448 g/mol. The number of aryl methyl sites for hydroxylation is 2. The first-order valence-electron chi connectivity index (χ1n) is 9.03. The van der Waals surface area contributed by atoms with Gasteiger partial charge in [-0.15, -0.1) is 0 Å². The number of carbonyl (C=O) groups is 1. The summed E-state index contributed by atoms with van der Waals surface area (Å²) in [6.07, 6.45) is 1.04. The van der Waals surface area contributed by atoms with E-state index in [0.29, 0.717) is 22.1 Å². The predicted octanol–water partition coefficient (Wildman–Crippen LogP) is 3.09. The normalized spacial score (nSPS) is 11.3. The summed E-state index contributed by atoms with van der Waals surface area (Å²) >= 11 is 5.94. The molecule has 0 aliphatic carbocycles. The third-order valence-corrected chi connectivity index (χ3v) is 5.69. The second-order valence-electron chi connectivity index (χ2n) is 6.85. The highest BCUT2D eigenvalue weighted by Crippen LogP contribution is 2.25. The van der Waals surface area contributed by atoms with Crippen LogP contribution < -0.4 is 9.62 Å². The molecule has 1 amide bonds. The van der Waals surface area contributed by atoms with E-state index < -0.39 is 15.9 Å². The van der Waals surface area contributed by atoms with Gasteiger partial charge in [-0.1, -0.05) is 46.6 Å². The highest BCUT2D eigenvalue weighted by Gasteiger charge is 2.22. The Morgan fingerprint density at radius 2 is 1.87 bits per heavy atom. The second-order valence-corrected chi connectivity index (χ2v) is 9.20. The molecule has 0 fully saturated rings. The maximum Gasteiger partial charge on any atom is 0.246 e. The number of carbonyl (C=O) groups excluding carboxylic acids is 1. The molecule has 30 heavy (non-hydrogen) atoms. The third-order valence-electron chi connectivity index (χ3n) is 4.33. The van der Waals surface area contributed by atoms with Gasteiger partial charge in [0.05, 0.1) is 18.5 Å². The topological polar surface area (TPSA) is 105 Å². The number of rotatable bonds is 7. The number of sulfonamides is 1. The lowest BCUT2D eigenvalue weighted by atomic mass is 10.1. The molecule has 0 radical (unpaired) electrons. The van der Waals surface area contributed by atoms with Crippen molar-refractivity contribution in [3.05, 3.63) is 64.5 Å². The predicted molar refractivity (Wildman–Crippen MR) is 115 cm³/mol. The van der Waals surface area contributed by atoms with E-state index >= 15 is 0 Å². The van der Waals surface area contributed by atoms with Gasteiger partial charge in [0.25, 0.3) is 0 Å². The van der Waals surface area contributed by atoms with Gasteiger partial charge < -0.3 is 9.84 Å². The van der Waals surface area contributed by atoms with E-state index in [1.807, 2.05) is 31.2 Å². The van der Waals surface area contributed by atoms with Gasteiger partial charge in [0.2, 0.25) is 27.6 Å². The minimum atomic E-state index is -3.69. The number of benzene rings is 2. The van der Waals surface area contributed by atoms with Crippen LogP contribution in [-0.2, 0) is 21.4 Å². The largest absolute Gasteiger partial charge is 0.345 e. The van der Waals surface area contributed by atoms with Gasteiger partial charge in [-0.25, -0.2) is 8.42 Å². The minimum Gasteiger partial charge on any atom is -0.345 e. The van der Waals surface area contributed by atoms with Crippen LogP contribution in [0.4, 0.5) is 5.69 Å². The first kappa shape index (κ1) is 21.8. The van der Waals surface area contributed by atoms with Crippen LogP contribution in [0.2, 0.25) is 5.02 Å². The van der Waals surface area contributed by atoms with Crippen molar-refractivity contribution in [3.8, 4) is 11.4 Å². The molecule has 3 rings (SSSR count). The fourth-order valence-electron chi connectivity index (χ4n) is 2.79. The summed E-state index contributed by atoms with van der Waals surface area (Å²) in [6.45, 7) is 3.30. The lowest BCUT2D eigenvalue weighted by Gasteiger charge is -2.23. The molecule has 1 heterocycles. The second kappa shape index (κ2) is 8.85. The number of hydrogen-bond donors (Lipinski definition) is 1. The van der Waals surface area contributed by atoms with E-state index in [1.165, 1.54) is 0 Å². The average molecular weight is 449 g/mol. The first-order valence-corrected chi connectivity index (χ1v) is 11.3. The Balaban J connectivity index is 1.67. The van der Waals surface area contributed by atoms with Gasteiger partial charge in [0.1, 0.15) is 6.54 Å². The lowest BCUT2D eigenvalue weighted by molar-refractivity contribution is -0.119. The maximum absolute atomic E-state index is 12.4. The number of amides is 1. The maximum atomic E-state index is 12.4. The Kier molecular flexibility index (Phi) is 6.42. The van der Waals surface area contributed by atoms with Crippen LogP contribution in [0.1, 0.15) is 17.0 Å². The van der Waals surface area contributed by atoms with Gasteiger partial charge in [0, 0.05) is 10.6 Å². The zero-order valence-corrected chi connectivity index (χ0v) is 18.3. The quantitative estimate of drug-likeness (QED) is 0.595. The Morgan fingerprint density at radius 3 is 2.50 bits per heavy atom. The first-order chi connectivity index (χ1) is 14.1. The molecular formula is C20H21ClN4O4S. The number of halogens is 1. The van der Waals surface area contributed by atoms with Gasteiger partial charge >= 0.3 is 0 Å². The molecule has 0 bridgehead atoms. The summed E-state index contributed by atoms with van der Waals surface area (Å²) in [5.41, 5.74) is 2.93. The van der Waals surface area contributed by atoms with Crippen LogP contribution in [-0.4, -0.2) is 37.3 Å². The van der Waals surface area contributed by atoms with Crippen molar-refractivity contribution in [2.45, 2.75) is 20.4 Å². The number of aromatic nitrogens is 2. The van der Waals surface area contributed by atoms with Crippen LogP contribution in [0.3, 0.4) is 0 Å². The minimum absolute atomic E-state index is 0.0190. The van der Waals surface area contributed by atoms with Crippen molar-refractivity contribution >= 4 is 33.2 Å². The molecule has 158 valence electrons. The number of hydrogen-bond acceptors (Lipinski definition) is 6. The van der Waals surface area contributed by atoms with Crippen molar-refractivity contribution in [3.63, 3.8) is 0 Å². The van der Waals surface area contributed by atoms with Gasteiger partial charge in [0.15, 0.2) is 0 Å². The van der Waals surface area contributed by atoms with E-state index in [4.69, 9.17) is 16.1 Å². The molecule has 0 unspecified atom stereocenters. The van der Waals surface area contributed by atoms with E-state index in [0.717, 1.165) is 21.7 Å². The number of nitrogens with one attached hydrogen (secondary N) is 1. The van der Waals surface area contributed by atoms with Gasteiger partial charge in [-0.05, 0) is 37.6 Å². The Bertz CT molecular complexity index is 1160. The molecule has 10 heteroatoms. The highest BCUT2D eigenvalue weighted by molar-refractivity contribution is 7.92. The highest BCUT2D eigenvalue weighted by atomic mass is 35.5. The third kappa shape index (κ3) is 5.37. The Hall–Kier alpha value is -2.91. The smallest absolute Gasteiger partial charge is 0.246 e. The van der Waals surface area contributed by atoms with Crippen molar-refractivity contribution < 1.29 is 17.7 Å². The molecule has 0 aliphatic heterocycles. The Morgan fingerprint density at radius 1 is 1.17 bits per heavy atom. The van der Waals surface area contributed by atoms with Crippen LogP contribution in [0.15, 0.2) is 47.0 Å². The molecule has 0 aliphatic rings. The summed E-state index contributed by atoms with van der Waals surface area (Å²) in [5.74, 6) is 0.117. The van der Waals surface area contributed by atoms with Gasteiger partial charge in [-0.2, -0.15) is 4.98 Å². The number of nitrogens with zero attached hydrogens (tertiary/aromatic N) is 3. The average Bonchev–Trinajstić information content (AvgIpc) is 3.14. The molecule has 1 N–H and O–H groups in total. The molecule has 0 atom stereocenters. The van der Waals surface area contributed by atoms with E-state index in [-0.39, 0.29) is 19.0 Å². The summed E-state index contributed by atoms with van der Waals surface area (Å²) in [6, 6.07) is 12.4. The summed E-state index contributed by atoms with van der Waals surface area (Å²) in [5, 5.41) is 7.00. The zero-order chi connectivity index (χ0) is 21.9. The molecule has 0 saturated heterocycles. The lowest BCUT2D eigenvalue weighted by Crippen LogP contribution is -2.40. The fraction of sp³-hybridized carbons (Fsp3) is 0.250. The van der Waals surface area contributed by atoms with Crippen LogP contribution >= 0.6 is 11.6 Å². The van der Waals surface area contributed by atoms with Crippen LogP contribution in [0, 0.1) is 13.8 Å². The summed E-state index contributed by atoms with van der Waals surface area (Å²) in [4.78, 5) is 16.7. The standard InChI is InChI=1S/C20H21ClN4O4S/c1-13-4-6-15(7-5-13)20-23-19(29-24-20)11-22-18(26)12-25(30(3,27)28)17-9-8-16(21)10-14(17)2/h4-10H,11-12H2,1-3H3,(H,22,26). The molecule has 2 aromatic carbocycles. The summed E-state index contributed by atoms with van der Waals surface area (Å²) < 4.78 is 30.7. The SMILES string of the molecule is Cc1ccc(-c2noc(CNC(=O)CN(c3ccc(Cl)cc3C)S(C)(=O)=O)n2)cc1. The van der Waals surface area contributed by atoms with Crippen molar-refractivity contribution in [1.29, 1.82) is 0 Å². The van der Waals surface area contributed by atoms with Crippen molar-refractivity contribution in [2.75, 3.05) is 17.1 Å². The molecule has 0 saturated carbocycles. The van der Waals surface area contributed by atoms with Gasteiger partial charge in [-0.3, -0.25) is 9.10 Å². The molecule has 8 nitrogen and oxygen atoms in total. The molecular weight excluding hydrogens is 428 g/mol. The van der Waals surface area contributed by atoms with Crippen LogP contribution in [0.5, 0.6) is 0 Å². The molecule has 3 aromatic rings. The van der Waals surface area contributed by atoms with E-state index in [1.54, 1.807) is 25.1 Å². The van der Waals surface area contributed by atoms with E-state index in [2.05, 4.69) is 15.5 Å².